The van der Waals surface area contributed by atoms with E-state index >= 15 is 0 Å². The maximum atomic E-state index is 13.2. The third kappa shape index (κ3) is 7.99. The maximum Gasteiger partial charge on any atom is 0.255 e. The number of carbonyl (C=O) groups is 2. The molecule has 2 saturated heterocycles. The molecule has 2 heterocycles. The number of likely N-dealkylation sites (tertiary alicyclic amines) is 1. The Kier molecular flexibility index (Phi) is 10.2. The number of amides is 1. The van der Waals surface area contributed by atoms with Gasteiger partial charge >= 0.3 is 0 Å². The van der Waals surface area contributed by atoms with Gasteiger partial charge in [-0.1, -0.05) is 72.3 Å². The molecule has 244 valence electrons. The SMILES string of the molecule is CC(=O)c1cccc(NC(=O)c2cccc(C3O[C@H](CN4CCC(O)(c5ccc(Cl)cc5)CC4)C[C@H](c4ccc(CO)cc4)O3)c2)c1. The van der Waals surface area contributed by atoms with Crippen LogP contribution in [-0.2, 0) is 21.7 Å². The van der Waals surface area contributed by atoms with Crippen LogP contribution in [0.1, 0.15) is 81.5 Å². The minimum Gasteiger partial charge on any atom is -0.392 e. The topological polar surface area (TPSA) is 108 Å². The molecule has 0 aromatic heterocycles. The second-order valence-electron chi connectivity index (χ2n) is 12.4. The molecular formula is C38H39ClN2O6. The summed E-state index contributed by atoms with van der Waals surface area (Å²) in [7, 11) is 0. The van der Waals surface area contributed by atoms with Gasteiger partial charge in [-0.25, -0.2) is 0 Å². The van der Waals surface area contributed by atoms with Gasteiger partial charge in [0.2, 0.25) is 0 Å². The summed E-state index contributed by atoms with van der Waals surface area (Å²) in [5.41, 5.74) is 4.00. The summed E-state index contributed by atoms with van der Waals surface area (Å²) < 4.78 is 13.1. The first kappa shape index (κ1) is 33.0. The minimum absolute atomic E-state index is 0.0363. The monoisotopic (exact) mass is 654 g/mol. The molecule has 4 aromatic rings. The summed E-state index contributed by atoms with van der Waals surface area (Å²) in [5.74, 6) is -0.385. The van der Waals surface area contributed by atoms with E-state index in [1.165, 1.54) is 6.92 Å². The molecule has 0 saturated carbocycles. The maximum absolute atomic E-state index is 13.2. The standard InChI is InChI=1S/C38H39ClN2O6/c1-25(43)28-4-3-7-33(21-28)40-36(44)29-5-2-6-30(20-29)37-46-34(22-35(47-37)27-10-8-26(24-42)9-11-27)23-41-18-16-38(45,17-19-41)31-12-14-32(39)15-13-31/h2-15,20-21,34-35,37,42,45H,16-19,22-24H2,1H3,(H,40,44)/t34-,35+,37?/m0/s1. The molecule has 0 bridgehead atoms. The first-order chi connectivity index (χ1) is 22.7. The van der Waals surface area contributed by atoms with Gasteiger partial charge in [0, 0.05) is 53.5 Å². The van der Waals surface area contributed by atoms with Crippen molar-refractivity contribution in [1.82, 2.24) is 4.90 Å². The van der Waals surface area contributed by atoms with Crippen molar-refractivity contribution in [2.75, 3.05) is 25.0 Å². The van der Waals surface area contributed by atoms with Crippen molar-refractivity contribution < 1.29 is 29.3 Å². The van der Waals surface area contributed by atoms with Crippen LogP contribution in [0.5, 0.6) is 0 Å². The predicted molar refractivity (Wildman–Crippen MR) is 180 cm³/mol. The van der Waals surface area contributed by atoms with E-state index in [2.05, 4.69) is 10.2 Å². The number of nitrogens with one attached hydrogen (secondary N) is 1. The number of rotatable bonds is 9. The Morgan fingerprint density at radius 2 is 1.60 bits per heavy atom. The summed E-state index contributed by atoms with van der Waals surface area (Å²) >= 11 is 6.07. The zero-order valence-electron chi connectivity index (χ0n) is 26.3. The number of ether oxygens (including phenoxy) is 2. The fourth-order valence-electron chi connectivity index (χ4n) is 6.32. The molecule has 3 atom stereocenters. The zero-order valence-corrected chi connectivity index (χ0v) is 27.0. The first-order valence-electron chi connectivity index (χ1n) is 15.9. The summed E-state index contributed by atoms with van der Waals surface area (Å²) in [6.45, 7) is 3.53. The van der Waals surface area contributed by atoms with Crippen molar-refractivity contribution in [3.05, 3.63) is 135 Å². The largest absolute Gasteiger partial charge is 0.392 e. The highest BCUT2D eigenvalue weighted by atomic mass is 35.5. The van der Waals surface area contributed by atoms with E-state index in [1.54, 1.807) is 42.5 Å². The Morgan fingerprint density at radius 1 is 0.894 bits per heavy atom. The quantitative estimate of drug-likeness (QED) is 0.170. The highest BCUT2D eigenvalue weighted by molar-refractivity contribution is 6.30. The molecule has 6 rings (SSSR count). The number of ketones is 1. The lowest BCUT2D eigenvalue weighted by Crippen LogP contribution is -2.46. The van der Waals surface area contributed by atoms with Gasteiger partial charge < -0.3 is 29.9 Å². The number of anilines is 1. The second kappa shape index (κ2) is 14.5. The number of aliphatic hydroxyl groups excluding tert-OH is 1. The van der Waals surface area contributed by atoms with Crippen LogP contribution in [-0.4, -0.2) is 52.5 Å². The van der Waals surface area contributed by atoms with Crippen LogP contribution in [0.25, 0.3) is 0 Å². The van der Waals surface area contributed by atoms with E-state index in [1.807, 2.05) is 54.6 Å². The molecule has 2 aliphatic heterocycles. The van der Waals surface area contributed by atoms with Crippen molar-refractivity contribution in [1.29, 1.82) is 0 Å². The number of carbonyl (C=O) groups excluding carboxylic acids is 2. The van der Waals surface area contributed by atoms with Crippen LogP contribution >= 0.6 is 11.6 Å². The number of aliphatic hydroxyl groups is 2. The molecule has 0 aliphatic carbocycles. The molecule has 2 aliphatic rings. The number of Topliss-reactive ketones (excluding diaryl/α,β-unsaturated/α-hetero) is 1. The van der Waals surface area contributed by atoms with Gasteiger partial charge in [-0.05, 0) is 72.9 Å². The first-order valence-corrected chi connectivity index (χ1v) is 16.3. The smallest absolute Gasteiger partial charge is 0.255 e. The van der Waals surface area contributed by atoms with Crippen molar-refractivity contribution in [3.63, 3.8) is 0 Å². The van der Waals surface area contributed by atoms with Gasteiger partial charge in [0.15, 0.2) is 12.1 Å². The third-order valence-corrected chi connectivity index (χ3v) is 9.34. The Morgan fingerprint density at radius 3 is 2.30 bits per heavy atom. The van der Waals surface area contributed by atoms with Crippen LogP contribution in [0.4, 0.5) is 5.69 Å². The normalized spacial score (nSPS) is 21.2. The highest BCUT2D eigenvalue weighted by Gasteiger charge is 2.37. The lowest BCUT2D eigenvalue weighted by atomic mass is 9.84. The fourth-order valence-corrected chi connectivity index (χ4v) is 6.45. The number of nitrogens with zero attached hydrogens (tertiary/aromatic N) is 1. The number of hydrogen-bond donors (Lipinski definition) is 3. The molecule has 47 heavy (non-hydrogen) atoms. The summed E-state index contributed by atoms with van der Waals surface area (Å²) in [4.78, 5) is 27.4. The van der Waals surface area contributed by atoms with Gasteiger partial charge in [-0.15, -0.1) is 0 Å². The number of benzene rings is 4. The van der Waals surface area contributed by atoms with Crippen molar-refractivity contribution in [3.8, 4) is 0 Å². The molecule has 1 unspecified atom stereocenters. The van der Waals surface area contributed by atoms with Crippen LogP contribution < -0.4 is 5.32 Å². The second-order valence-corrected chi connectivity index (χ2v) is 12.8. The van der Waals surface area contributed by atoms with Crippen LogP contribution in [0, 0.1) is 0 Å². The summed E-state index contributed by atoms with van der Waals surface area (Å²) in [5, 5.41) is 24.5. The molecule has 1 amide bonds. The average Bonchev–Trinajstić information content (AvgIpc) is 3.09. The lowest BCUT2D eigenvalue weighted by molar-refractivity contribution is -0.253. The molecule has 2 fully saturated rings. The molecule has 0 spiro atoms. The van der Waals surface area contributed by atoms with Gasteiger partial charge in [0.05, 0.1) is 24.4 Å². The van der Waals surface area contributed by atoms with Gasteiger partial charge in [0.25, 0.3) is 5.91 Å². The number of piperidine rings is 1. The van der Waals surface area contributed by atoms with Crippen molar-refractivity contribution in [2.24, 2.45) is 0 Å². The van der Waals surface area contributed by atoms with Crippen LogP contribution in [0.2, 0.25) is 5.02 Å². The molecule has 8 nitrogen and oxygen atoms in total. The molecular weight excluding hydrogens is 616 g/mol. The van der Waals surface area contributed by atoms with Crippen LogP contribution in [0.3, 0.4) is 0 Å². The van der Waals surface area contributed by atoms with Gasteiger partial charge in [-0.2, -0.15) is 0 Å². The zero-order chi connectivity index (χ0) is 33.0. The number of halogens is 1. The minimum atomic E-state index is -0.897. The van der Waals surface area contributed by atoms with Crippen molar-refractivity contribution in [2.45, 2.75) is 56.9 Å². The van der Waals surface area contributed by atoms with E-state index in [0.29, 0.717) is 66.3 Å². The Labute approximate surface area is 279 Å². The molecule has 9 heteroatoms. The Hall–Kier alpha value is -3.89. The predicted octanol–water partition coefficient (Wildman–Crippen LogP) is 6.82. The van der Waals surface area contributed by atoms with Gasteiger partial charge in [0.1, 0.15) is 0 Å². The van der Waals surface area contributed by atoms with E-state index in [0.717, 1.165) is 16.7 Å². The van der Waals surface area contributed by atoms with Crippen LogP contribution in [0.15, 0.2) is 97.1 Å². The fraction of sp³-hybridized carbons (Fsp3) is 0.316. The third-order valence-electron chi connectivity index (χ3n) is 9.09. The van der Waals surface area contributed by atoms with E-state index < -0.39 is 11.9 Å². The van der Waals surface area contributed by atoms with E-state index in [9.17, 15) is 19.8 Å². The Balaban J connectivity index is 1.18. The van der Waals surface area contributed by atoms with Gasteiger partial charge in [-0.3, -0.25) is 9.59 Å². The van der Waals surface area contributed by atoms with E-state index in [-0.39, 0.29) is 30.5 Å². The molecule has 4 aromatic carbocycles. The summed E-state index contributed by atoms with van der Waals surface area (Å²) in [6, 6.07) is 29.2. The van der Waals surface area contributed by atoms with Crippen molar-refractivity contribution >= 4 is 29.0 Å². The number of hydrogen-bond acceptors (Lipinski definition) is 7. The highest BCUT2D eigenvalue weighted by Crippen LogP contribution is 2.39. The Bertz CT molecular complexity index is 1700. The average molecular weight is 655 g/mol. The summed E-state index contributed by atoms with van der Waals surface area (Å²) in [6.07, 6.45) is 0.652. The van der Waals surface area contributed by atoms with E-state index in [4.69, 9.17) is 21.1 Å². The lowest BCUT2D eigenvalue weighted by Gasteiger charge is -2.42. The molecule has 0 radical (unpaired) electrons. The molecule has 3 N–H and O–H groups in total.